The van der Waals surface area contributed by atoms with Crippen LogP contribution in [-0.4, -0.2) is 19.0 Å². The first-order valence-corrected chi connectivity index (χ1v) is 4.40. The normalized spacial score (nSPS) is 9.92. The number of carbonyl (C=O) groups is 1. The molecule has 0 aliphatic carbocycles. The molecular formula is C11H14O2. The molecule has 0 saturated heterocycles. The summed E-state index contributed by atoms with van der Waals surface area (Å²) >= 11 is 0. The molecule has 0 unspecified atom stereocenters. The minimum atomic E-state index is 0.0769. The monoisotopic (exact) mass is 178 g/mol. The van der Waals surface area contributed by atoms with Crippen molar-refractivity contribution in [2.75, 3.05) is 13.2 Å². The van der Waals surface area contributed by atoms with Crippen LogP contribution in [0.15, 0.2) is 30.3 Å². The molecule has 13 heavy (non-hydrogen) atoms. The van der Waals surface area contributed by atoms with Gasteiger partial charge in [-0.1, -0.05) is 30.3 Å². The molecule has 0 aliphatic heterocycles. The van der Waals surface area contributed by atoms with Crippen molar-refractivity contribution in [3.63, 3.8) is 0 Å². The number of rotatable bonds is 5. The third-order valence-corrected chi connectivity index (χ3v) is 1.68. The lowest BCUT2D eigenvalue weighted by Crippen LogP contribution is -2.06. The molecule has 70 valence electrons. The quantitative estimate of drug-likeness (QED) is 0.643. The molecule has 0 aromatic heterocycles. The molecule has 1 aromatic carbocycles. The Morgan fingerprint density at radius 2 is 2.00 bits per heavy atom. The molecule has 0 heterocycles. The van der Waals surface area contributed by atoms with E-state index in [9.17, 15) is 4.79 Å². The Kier molecular flexibility index (Phi) is 4.19. The van der Waals surface area contributed by atoms with Gasteiger partial charge in [-0.25, -0.2) is 0 Å². The summed E-state index contributed by atoms with van der Waals surface area (Å²) in [5.74, 6) is 0.0769. The lowest BCUT2D eigenvalue weighted by molar-refractivity contribution is -0.121. The summed E-state index contributed by atoms with van der Waals surface area (Å²) in [5, 5.41) is 0. The minimum absolute atomic E-state index is 0.0769. The summed E-state index contributed by atoms with van der Waals surface area (Å²) in [6.45, 7) is 2.37. The van der Waals surface area contributed by atoms with Gasteiger partial charge < -0.3 is 4.74 Å². The van der Waals surface area contributed by atoms with Crippen molar-refractivity contribution in [2.24, 2.45) is 0 Å². The summed E-state index contributed by atoms with van der Waals surface area (Å²) in [4.78, 5) is 10.5. The molecule has 1 rings (SSSR count). The van der Waals surface area contributed by atoms with Gasteiger partial charge in [-0.2, -0.15) is 0 Å². The molecule has 0 atom stereocenters. The van der Waals surface area contributed by atoms with E-state index < -0.39 is 0 Å². The number of hydrogen-bond donors (Lipinski definition) is 0. The smallest absolute Gasteiger partial charge is 0.155 e. The van der Waals surface area contributed by atoms with Crippen molar-refractivity contribution in [1.82, 2.24) is 0 Å². The van der Waals surface area contributed by atoms with Crippen molar-refractivity contribution in [2.45, 2.75) is 13.3 Å². The van der Waals surface area contributed by atoms with Crippen LogP contribution < -0.4 is 0 Å². The van der Waals surface area contributed by atoms with Crippen LogP contribution in [0.1, 0.15) is 12.5 Å². The van der Waals surface area contributed by atoms with Gasteiger partial charge in [0, 0.05) is 0 Å². The highest BCUT2D eigenvalue weighted by atomic mass is 16.5. The van der Waals surface area contributed by atoms with Crippen LogP contribution in [0, 0.1) is 0 Å². The molecule has 0 bridgehead atoms. The van der Waals surface area contributed by atoms with Crippen LogP contribution >= 0.6 is 0 Å². The summed E-state index contributed by atoms with van der Waals surface area (Å²) in [6.07, 6.45) is 0.869. The lowest BCUT2D eigenvalue weighted by atomic mass is 10.2. The van der Waals surface area contributed by atoms with Crippen molar-refractivity contribution >= 4 is 5.78 Å². The van der Waals surface area contributed by atoms with Crippen molar-refractivity contribution in [3.8, 4) is 0 Å². The molecule has 0 spiro atoms. The Bertz CT molecular complexity index is 254. The first-order valence-electron chi connectivity index (χ1n) is 4.40. The SMILES string of the molecule is CC(=O)COCCc1ccccc1. The van der Waals surface area contributed by atoms with E-state index in [1.807, 2.05) is 18.2 Å². The maximum atomic E-state index is 10.5. The largest absolute Gasteiger partial charge is 0.373 e. The van der Waals surface area contributed by atoms with E-state index in [1.165, 1.54) is 12.5 Å². The highest BCUT2D eigenvalue weighted by molar-refractivity contribution is 5.76. The molecule has 0 N–H and O–H groups in total. The average Bonchev–Trinajstić information content (AvgIpc) is 2.14. The van der Waals surface area contributed by atoms with Gasteiger partial charge in [0.15, 0.2) is 5.78 Å². The van der Waals surface area contributed by atoms with E-state index in [4.69, 9.17) is 4.74 Å². The van der Waals surface area contributed by atoms with Gasteiger partial charge in [-0.15, -0.1) is 0 Å². The second kappa shape index (κ2) is 5.49. The van der Waals surface area contributed by atoms with Gasteiger partial charge in [-0.3, -0.25) is 4.79 Å². The topological polar surface area (TPSA) is 26.3 Å². The van der Waals surface area contributed by atoms with E-state index >= 15 is 0 Å². The second-order valence-electron chi connectivity index (χ2n) is 2.99. The summed E-state index contributed by atoms with van der Waals surface area (Å²) in [7, 11) is 0. The molecule has 0 aliphatic rings. The minimum Gasteiger partial charge on any atom is -0.373 e. The fraction of sp³-hybridized carbons (Fsp3) is 0.364. The fourth-order valence-corrected chi connectivity index (χ4v) is 1.05. The predicted octanol–water partition coefficient (Wildman–Crippen LogP) is 1.83. The summed E-state index contributed by atoms with van der Waals surface area (Å²) < 4.78 is 5.15. The summed E-state index contributed by atoms with van der Waals surface area (Å²) in [6, 6.07) is 10.1. The molecular weight excluding hydrogens is 164 g/mol. The van der Waals surface area contributed by atoms with Crippen LogP contribution in [0.3, 0.4) is 0 Å². The van der Waals surface area contributed by atoms with Crippen molar-refractivity contribution in [3.05, 3.63) is 35.9 Å². The Labute approximate surface area is 78.5 Å². The number of Topliss-reactive ketones (excluding diaryl/α,β-unsaturated/α-hetero) is 1. The lowest BCUT2D eigenvalue weighted by Gasteiger charge is -2.01. The Balaban J connectivity index is 2.17. The van der Waals surface area contributed by atoms with E-state index in [1.54, 1.807) is 0 Å². The molecule has 1 aromatic rings. The molecule has 2 heteroatoms. The van der Waals surface area contributed by atoms with Crippen molar-refractivity contribution in [1.29, 1.82) is 0 Å². The second-order valence-corrected chi connectivity index (χ2v) is 2.99. The van der Waals surface area contributed by atoms with Crippen LogP contribution in [0.4, 0.5) is 0 Å². The molecule has 2 nitrogen and oxygen atoms in total. The van der Waals surface area contributed by atoms with Gasteiger partial charge in [0.25, 0.3) is 0 Å². The third-order valence-electron chi connectivity index (χ3n) is 1.68. The van der Waals surface area contributed by atoms with E-state index in [0.29, 0.717) is 6.61 Å². The number of ketones is 1. The first kappa shape index (κ1) is 9.93. The molecule has 0 saturated carbocycles. The predicted molar refractivity (Wildman–Crippen MR) is 51.6 cm³/mol. The third kappa shape index (κ3) is 4.43. The van der Waals surface area contributed by atoms with Crippen LogP contribution in [0.25, 0.3) is 0 Å². The highest BCUT2D eigenvalue weighted by Gasteiger charge is 1.94. The van der Waals surface area contributed by atoms with Gasteiger partial charge in [0.1, 0.15) is 6.61 Å². The van der Waals surface area contributed by atoms with Gasteiger partial charge >= 0.3 is 0 Å². The Hall–Kier alpha value is -1.15. The molecule has 0 radical (unpaired) electrons. The zero-order valence-corrected chi connectivity index (χ0v) is 7.82. The van der Waals surface area contributed by atoms with Crippen molar-refractivity contribution < 1.29 is 9.53 Å². The fourth-order valence-electron chi connectivity index (χ4n) is 1.05. The number of hydrogen-bond acceptors (Lipinski definition) is 2. The van der Waals surface area contributed by atoms with Crippen LogP contribution in [-0.2, 0) is 16.0 Å². The zero-order chi connectivity index (χ0) is 9.52. The molecule has 0 fully saturated rings. The first-order chi connectivity index (χ1) is 6.29. The Morgan fingerprint density at radius 1 is 1.31 bits per heavy atom. The van der Waals surface area contributed by atoms with Crippen LogP contribution in [0.5, 0.6) is 0 Å². The van der Waals surface area contributed by atoms with Gasteiger partial charge in [0.2, 0.25) is 0 Å². The maximum Gasteiger partial charge on any atom is 0.155 e. The number of carbonyl (C=O) groups excluding carboxylic acids is 1. The molecule has 0 amide bonds. The van der Waals surface area contributed by atoms with Gasteiger partial charge in [-0.05, 0) is 18.9 Å². The van der Waals surface area contributed by atoms with E-state index in [2.05, 4.69) is 12.1 Å². The van der Waals surface area contributed by atoms with Gasteiger partial charge in [0.05, 0.1) is 6.61 Å². The number of benzene rings is 1. The van der Waals surface area contributed by atoms with Crippen LogP contribution in [0.2, 0.25) is 0 Å². The number of ether oxygens (including phenoxy) is 1. The van der Waals surface area contributed by atoms with E-state index in [0.717, 1.165) is 6.42 Å². The van der Waals surface area contributed by atoms with E-state index in [-0.39, 0.29) is 12.4 Å². The Morgan fingerprint density at radius 3 is 2.62 bits per heavy atom. The summed E-state index contributed by atoms with van der Waals surface area (Å²) in [5.41, 5.74) is 1.24. The maximum absolute atomic E-state index is 10.5. The highest BCUT2D eigenvalue weighted by Crippen LogP contribution is 1.99. The zero-order valence-electron chi connectivity index (χ0n) is 7.82. The average molecular weight is 178 g/mol. The standard InChI is InChI=1S/C11H14O2/c1-10(12)9-13-8-7-11-5-3-2-4-6-11/h2-6H,7-9H2,1H3.